The number of benzene rings is 2. The molecular formula is C18H17N3O4. The quantitative estimate of drug-likeness (QED) is 0.480. The van der Waals surface area contributed by atoms with E-state index in [2.05, 4.69) is 10.6 Å². The van der Waals surface area contributed by atoms with Gasteiger partial charge in [0.15, 0.2) is 0 Å². The second-order valence-corrected chi connectivity index (χ2v) is 5.11. The van der Waals surface area contributed by atoms with Crippen molar-refractivity contribution in [2.45, 2.75) is 6.92 Å². The summed E-state index contributed by atoms with van der Waals surface area (Å²) in [6.45, 7) is 2.35. The van der Waals surface area contributed by atoms with E-state index in [0.717, 1.165) is 0 Å². The van der Waals surface area contributed by atoms with Crippen LogP contribution in [-0.4, -0.2) is 23.3 Å². The largest absolute Gasteiger partial charge is 0.352 e. The van der Waals surface area contributed by atoms with Crippen LogP contribution in [0, 0.1) is 10.1 Å². The number of nitro benzene ring substituents is 1. The van der Waals surface area contributed by atoms with Crippen LogP contribution >= 0.6 is 0 Å². The maximum Gasteiger partial charge on any atom is 0.269 e. The van der Waals surface area contributed by atoms with Crippen LogP contribution in [0.15, 0.2) is 54.6 Å². The zero-order valence-electron chi connectivity index (χ0n) is 13.6. The van der Waals surface area contributed by atoms with Gasteiger partial charge in [-0.05, 0) is 48.9 Å². The third kappa shape index (κ3) is 5.28. The molecule has 0 atom stereocenters. The van der Waals surface area contributed by atoms with E-state index >= 15 is 0 Å². The molecule has 0 spiro atoms. The Hall–Kier alpha value is -3.48. The van der Waals surface area contributed by atoms with Crippen molar-refractivity contribution >= 4 is 29.3 Å². The van der Waals surface area contributed by atoms with Crippen LogP contribution in [-0.2, 0) is 4.79 Å². The number of amides is 2. The summed E-state index contributed by atoms with van der Waals surface area (Å²) in [5.41, 5.74) is 1.61. The molecule has 0 aliphatic rings. The van der Waals surface area contributed by atoms with Gasteiger partial charge in [0.25, 0.3) is 11.6 Å². The van der Waals surface area contributed by atoms with E-state index in [1.54, 1.807) is 42.5 Å². The number of carbonyl (C=O) groups excluding carboxylic acids is 2. The SMILES string of the molecule is CCNC(=O)c1cccc(NC(=O)/C=C/c2ccc([N+](=O)[O-])cc2)c1. The van der Waals surface area contributed by atoms with Crippen LogP contribution in [0.4, 0.5) is 11.4 Å². The second-order valence-electron chi connectivity index (χ2n) is 5.11. The highest BCUT2D eigenvalue weighted by Gasteiger charge is 2.06. The van der Waals surface area contributed by atoms with Crippen LogP contribution in [0.3, 0.4) is 0 Å². The molecular weight excluding hydrogens is 322 g/mol. The first-order chi connectivity index (χ1) is 12.0. The molecule has 0 radical (unpaired) electrons. The second kappa shape index (κ2) is 8.39. The summed E-state index contributed by atoms with van der Waals surface area (Å²) >= 11 is 0. The van der Waals surface area contributed by atoms with Gasteiger partial charge in [-0.2, -0.15) is 0 Å². The number of nitro groups is 1. The average molecular weight is 339 g/mol. The Balaban J connectivity index is 2.01. The molecule has 128 valence electrons. The maximum absolute atomic E-state index is 12.0. The number of non-ortho nitro benzene ring substituents is 1. The fourth-order valence-electron chi connectivity index (χ4n) is 2.06. The maximum atomic E-state index is 12.0. The minimum atomic E-state index is -0.484. The van der Waals surface area contributed by atoms with Gasteiger partial charge in [-0.25, -0.2) is 0 Å². The number of rotatable bonds is 6. The van der Waals surface area contributed by atoms with Crippen LogP contribution in [0.25, 0.3) is 6.08 Å². The van der Waals surface area contributed by atoms with E-state index in [0.29, 0.717) is 23.4 Å². The molecule has 7 nitrogen and oxygen atoms in total. The molecule has 7 heteroatoms. The summed E-state index contributed by atoms with van der Waals surface area (Å²) < 4.78 is 0. The van der Waals surface area contributed by atoms with E-state index < -0.39 is 4.92 Å². The molecule has 0 unspecified atom stereocenters. The van der Waals surface area contributed by atoms with Crippen molar-refractivity contribution in [3.63, 3.8) is 0 Å². The van der Waals surface area contributed by atoms with Gasteiger partial charge in [-0.1, -0.05) is 6.07 Å². The normalized spacial score (nSPS) is 10.4. The summed E-state index contributed by atoms with van der Waals surface area (Å²) in [7, 11) is 0. The lowest BCUT2D eigenvalue weighted by Crippen LogP contribution is -2.22. The molecule has 2 amide bonds. The summed E-state index contributed by atoms with van der Waals surface area (Å²) in [5, 5.41) is 15.9. The molecule has 2 aromatic carbocycles. The van der Waals surface area contributed by atoms with Crippen molar-refractivity contribution in [3.8, 4) is 0 Å². The Morgan fingerprint density at radius 2 is 1.88 bits per heavy atom. The van der Waals surface area contributed by atoms with E-state index in [1.165, 1.54) is 18.2 Å². The molecule has 0 fully saturated rings. The number of carbonyl (C=O) groups is 2. The smallest absolute Gasteiger partial charge is 0.269 e. The standard InChI is InChI=1S/C18H17N3O4/c1-2-19-18(23)14-4-3-5-15(12-14)20-17(22)11-8-13-6-9-16(10-7-13)21(24)25/h3-12H,2H2,1H3,(H,19,23)(H,20,22)/b11-8+. The number of nitrogens with zero attached hydrogens (tertiary/aromatic N) is 1. The third-order valence-corrected chi connectivity index (χ3v) is 3.26. The van der Waals surface area contributed by atoms with E-state index in [1.807, 2.05) is 6.92 Å². The average Bonchev–Trinajstić information content (AvgIpc) is 2.61. The topological polar surface area (TPSA) is 101 Å². The summed E-state index contributed by atoms with van der Waals surface area (Å²) in [5.74, 6) is -0.577. The van der Waals surface area contributed by atoms with Gasteiger partial charge in [-0.15, -0.1) is 0 Å². The third-order valence-electron chi connectivity index (χ3n) is 3.26. The Bertz CT molecular complexity index is 813. The first kappa shape index (κ1) is 17.9. The lowest BCUT2D eigenvalue weighted by molar-refractivity contribution is -0.384. The molecule has 0 saturated heterocycles. The minimum Gasteiger partial charge on any atom is -0.352 e. The molecule has 2 aromatic rings. The Kier molecular flexibility index (Phi) is 6.00. The van der Waals surface area contributed by atoms with Crippen molar-refractivity contribution in [3.05, 3.63) is 75.8 Å². The van der Waals surface area contributed by atoms with Crippen LogP contribution in [0.1, 0.15) is 22.8 Å². The van der Waals surface area contributed by atoms with E-state index in [4.69, 9.17) is 0 Å². The minimum absolute atomic E-state index is 0.0104. The van der Waals surface area contributed by atoms with Crippen LogP contribution in [0.2, 0.25) is 0 Å². The molecule has 25 heavy (non-hydrogen) atoms. The molecule has 0 aliphatic heterocycles. The van der Waals surface area contributed by atoms with Gasteiger partial charge in [0.1, 0.15) is 0 Å². The lowest BCUT2D eigenvalue weighted by Gasteiger charge is -2.06. The first-order valence-corrected chi connectivity index (χ1v) is 7.61. The number of anilines is 1. The highest BCUT2D eigenvalue weighted by molar-refractivity contribution is 6.03. The van der Waals surface area contributed by atoms with Crippen LogP contribution < -0.4 is 10.6 Å². The predicted molar refractivity (Wildman–Crippen MR) is 95.2 cm³/mol. The molecule has 2 rings (SSSR count). The first-order valence-electron chi connectivity index (χ1n) is 7.61. The highest BCUT2D eigenvalue weighted by atomic mass is 16.6. The van der Waals surface area contributed by atoms with E-state index in [9.17, 15) is 19.7 Å². The zero-order valence-corrected chi connectivity index (χ0v) is 13.6. The summed E-state index contributed by atoms with van der Waals surface area (Å²) in [6.07, 6.45) is 2.87. The van der Waals surface area contributed by atoms with Crippen LogP contribution in [0.5, 0.6) is 0 Å². The molecule has 2 N–H and O–H groups in total. The summed E-state index contributed by atoms with van der Waals surface area (Å²) in [6, 6.07) is 12.5. The Labute approximate surface area is 144 Å². The van der Waals surface area contributed by atoms with Crippen molar-refractivity contribution in [1.82, 2.24) is 5.32 Å². The Morgan fingerprint density at radius 1 is 1.16 bits per heavy atom. The summed E-state index contributed by atoms with van der Waals surface area (Å²) in [4.78, 5) is 33.9. The van der Waals surface area contributed by atoms with Gasteiger partial charge in [0.2, 0.25) is 5.91 Å². The van der Waals surface area contributed by atoms with Gasteiger partial charge >= 0.3 is 0 Å². The van der Waals surface area contributed by atoms with Crippen molar-refractivity contribution in [1.29, 1.82) is 0 Å². The van der Waals surface area contributed by atoms with Crippen molar-refractivity contribution in [2.75, 3.05) is 11.9 Å². The number of hydrogen-bond donors (Lipinski definition) is 2. The Morgan fingerprint density at radius 3 is 2.52 bits per heavy atom. The molecule has 0 aromatic heterocycles. The molecule has 0 aliphatic carbocycles. The van der Waals surface area contributed by atoms with Crippen molar-refractivity contribution in [2.24, 2.45) is 0 Å². The number of hydrogen-bond acceptors (Lipinski definition) is 4. The number of nitrogens with one attached hydrogen (secondary N) is 2. The zero-order chi connectivity index (χ0) is 18.2. The molecule has 0 bridgehead atoms. The fraction of sp³-hybridized carbons (Fsp3) is 0.111. The van der Waals surface area contributed by atoms with E-state index in [-0.39, 0.29) is 17.5 Å². The van der Waals surface area contributed by atoms with Crippen molar-refractivity contribution < 1.29 is 14.5 Å². The van der Waals surface area contributed by atoms with Gasteiger partial charge in [0.05, 0.1) is 4.92 Å². The molecule has 0 heterocycles. The predicted octanol–water partition coefficient (Wildman–Crippen LogP) is 3.00. The van der Waals surface area contributed by atoms with Gasteiger partial charge < -0.3 is 10.6 Å². The van der Waals surface area contributed by atoms with Gasteiger partial charge in [-0.3, -0.25) is 19.7 Å². The monoisotopic (exact) mass is 339 g/mol. The highest BCUT2D eigenvalue weighted by Crippen LogP contribution is 2.14. The molecule has 0 saturated carbocycles. The lowest BCUT2D eigenvalue weighted by atomic mass is 10.1. The van der Waals surface area contributed by atoms with Gasteiger partial charge in [0, 0.05) is 36.0 Å². The fourth-order valence-corrected chi connectivity index (χ4v) is 2.06.